The number of benzene rings is 1. The summed E-state index contributed by atoms with van der Waals surface area (Å²) < 4.78 is 5.16. The van der Waals surface area contributed by atoms with E-state index in [4.69, 9.17) is 4.42 Å². The second-order valence-corrected chi connectivity index (χ2v) is 5.76. The highest BCUT2D eigenvalue weighted by molar-refractivity contribution is 5.94. The molecule has 2 N–H and O–H groups in total. The highest BCUT2D eigenvalue weighted by Gasteiger charge is 2.26. The molecular formula is C17H19N3O3. The van der Waals surface area contributed by atoms with Gasteiger partial charge in [-0.25, -0.2) is 0 Å². The van der Waals surface area contributed by atoms with Gasteiger partial charge in [0.15, 0.2) is 5.69 Å². The summed E-state index contributed by atoms with van der Waals surface area (Å²) in [5.41, 5.74) is 1.15. The smallest absolute Gasteiger partial charge is 0.302 e. The highest BCUT2D eigenvalue weighted by atomic mass is 16.4. The zero-order valence-corrected chi connectivity index (χ0v) is 12.9. The second-order valence-electron chi connectivity index (χ2n) is 5.76. The van der Waals surface area contributed by atoms with E-state index in [0.717, 1.165) is 24.8 Å². The highest BCUT2D eigenvalue weighted by Crippen LogP contribution is 2.27. The van der Waals surface area contributed by atoms with Crippen molar-refractivity contribution >= 4 is 17.8 Å². The van der Waals surface area contributed by atoms with Gasteiger partial charge >= 0.3 is 6.01 Å². The molecule has 1 aromatic carbocycles. The molecule has 1 aliphatic rings. The van der Waals surface area contributed by atoms with Gasteiger partial charge < -0.3 is 9.73 Å². The van der Waals surface area contributed by atoms with Crippen LogP contribution < -0.4 is 10.6 Å². The molecule has 0 aliphatic heterocycles. The maximum absolute atomic E-state index is 12.2. The van der Waals surface area contributed by atoms with Crippen molar-refractivity contribution in [1.82, 2.24) is 10.3 Å². The monoisotopic (exact) mass is 313 g/mol. The average molecular weight is 313 g/mol. The van der Waals surface area contributed by atoms with Crippen LogP contribution in [-0.2, 0) is 4.79 Å². The molecule has 0 saturated heterocycles. The Balaban J connectivity index is 1.58. The number of oxazole rings is 1. The van der Waals surface area contributed by atoms with E-state index < -0.39 is 0 Å². The molecule has 1 saturated carbocycles. The maximum Gasteiger partial charge on any atom is 0.302 e. The molecule has 1 fully saturated rings. The molecule has 2 amide bonds. The lowest BCUT2D eigenvalue weighted by atomic mass is 9.85. The average Bonchev–Trinajstić information content (AvgIpc) is 2.94. The number of aromatic nitrogens is 1. The van der Waals surface area contributed by atoms with Crippen molar-refractivity contribution in [3.63, 3.8) is 0 Å². The molecule has 23 heavy (non-hydrogen) atoms. The Bertz CT molecular complexity index is 692. The third kappa shape index (κ3) is 3.59. The number of nitrogens with one attached hydrogen (secondary N) is 2. The van der Waals surface area contributed by atoms with Crippen LogP contribution in [0.5, 0.6) is 0 Å². The molecule has 1 aromatic heterocycles. The maximum atomic E-state index is 12.2. The van der Waals surface area contributed by atoms with Crippen molar-refractivity contribution in [2.24, 2.45) is 5.92 Å². The Morgan fingerprint density at radius 1 is 1.26 bits per heavy atom. The fraction of sp³-hybridized carbons (Fsp3) is 0.353. The summed E-state index contributed by atoms with van der Waals surface area (Å²) in [6.45, 7) is 1.90. The minimum atomic E-state index is -0.339. The van der Waals surface area contributed by atoms with Crippen LogP contribution in [0.2, 0.25) is 0 Å². The van der Waals surface area contributed by atoms with E-state index in [1.165, 1.54) is 6.26 Å². The number of nitrogens with zero attached hydrogens (tertiary/aromatic N) is 1. The summed E-state index contributed by atoms with van der Waals surface area (Å²) in [6, 6.07) is 9.57. The van der Waals surface area contributed by atoms with Gasteiger partial charge in [-0.2, -0.15) is 4.98 Å². The lowest BCUT2D eigenvalue weighted by molar-refractivity contribution is -0.122. The van der Waals surface area contributed by atoms with Crippen LogP contribution in [-0.4, -0.2) is 16.8 Å². The minimum absolute atomic E-state index is 0.0391. The van der Waals surface area contributed by atoms with Crippen molar-refractivity contribution in [2.45, 2.75) is 32.2 Å². The molecule has 1 unspecified atom stereocenters. The molecule has 6 heteroatoms. The molecular weight excluding hydrogens is 294 g/mol. The SMILES string of the molecule is CC(NC(=O)c1coc(NC(=O)C2CCC2)n1)c1ccccc1. The minimum Gasteiger partial charge on any atom is -0.431 e. The summed E-state index contributed by atoms with van der Waals surface area (Å²) in [7, 11) is 0. The van der Waals surface area contributed by atoms with Crippen molar-refractivity contribution in [2.75, 3.05) is 5.32 Å². The summed E-state index contributed by atoms with van der Waals surface area (Å²) in [5, 5.41) is 5.46. The van der Waals surface area contributed by atoms with Gasteiger partial charge in [-0.3, -0.25) is 14.9 Å². The number of carbonyl (C=O) groups excluding carboxylic acids is 2. The first-order chi connectivity index (χ1) is 11.1. The van der Waals surface area contributed by atoms with Crippen LogP contribution in [0.1, 0.15) is 48.3 Å². The van der Waals surface area contributed by atoms with Crippen LogP contribution >= 0.6 is 0 Å². The Morgan fingerprint density at radius 2 is 2.00 bits per heavy atom. The van der Waals surface area contributed by atoms with Crippen LogP contribution in [0.4, 0.5) is 6.01 Å². The van der Waals surface area contributed by atoms with Gasteiger partial charge in [0.25, 0.3) is 5.91 Å². The van der Waals surface area contributed by atoms with Crippen molar-refractivity contribution in [3.05, 3.63) is 47.9 Å². The molecule has 120 valence electrons. The van der Waals surface area contributed by atoms with Crippen LogP contribution in [0.25, 0.3) is 0 Å². The van der Waals surface area contributed by atoms with Gasteiger partial charge in [0.05, 0.1) is 6.04 Å². The molecule has 2 aromatic rings. The van der Waals surface area contributed by atoms with Gasteiger partial charge in [-0.1, -0.05) is 36.8 Å². The van der Waals surface area contributed by atoms with E-state index in [1.807, 2.05) is 37.3 Å². The quantitative estimate of drug-likeness (QED) is 0.889. The van der Waals surface area contributed by atoms with Crippen molar-refractivity contribution in [1.29, 1.82) is 0 Å². The summed E-state index contributed by atoms with van der Waals surface area (Å²) in [6.07, 6.45) is 4.13. The predicted molar refractivity (Wildman–Crippen MR) is 84.8 cm³/mol. The van der Waals surface area contributed by atoms with Gasteiger partial charge in [0.2, 0.25) is 5.91 Å². The largest absolute Gasteiger partial charge is 0.431 e. The molecule has 0 spiro atoms. The van der Waals surface area contributed by atoms with Crippen LogP contribution in [0.15, 0.2) is 41.0 Å². The molecule has 6 nitrogen and oxygen atoms in total. The Hall–Kier alpha value is -2.63. The lowest BCUT2D eigenvalue weighted by Gasteiger charge is -2.22. The molecule has 0 bridgehead atoms. The van der Waals surface area contributed by atoms with E-state index >= 15 is 0 Å². The summed E-state index contributed by atoms with van der Waals surface area (Å²) in [5.74, 6) is -0.394. The van der Waals surface area contributed by atoms with E-state index in [1.54, 1.807) is 0 Å². The second kappa shape index (κ2) is 6.64. The fourth-order valence-corrected chi connectivity index (χ4v) is 2.41. The van der Waals surface area contributed by atoms with Gasteiger partial charge in [-0.15, -0.1) is 0 Å². The summed E-state index contributed by atoms with van der Waals surface area (Å²) in [4.78, 5) is 28.0. The number of anilines is 1. The number of hydrogen-bond donors (Lipinski definition) is 2. The number of carbonyl (C=O) groups is 2. The standard InChI is InChI=1S/C17H19N3O3/c1-11(12-6-3-2-4-7-12)18-16(22)14-10-23-17(19-14)20-15(21)13-8-5-9-13/h2-4,6-7,10-11,13H,5,8-9H2,1H3,(H,18,22)(H,19,20,21). The predicted octanol–water partition coefficient (Wildman–Crippen LogP) is 2.90. The van der Waals surface area contributed by atoms with E-state index in [2.05, 4.69) is 15.6 Å². The summed E-state index contributed by atoms with van der Waals surface area (Å²) >= 11 is 0. The fourth-order valence-electron chi connectivity index (χ4n) is 2.41. The zero-order valence-electron chi connectivity index (χ0n) is 12.9. The Morgan fingerprint density at radius 3 is 2.65 bits per heavy atom. The van der Waals surface area contributed by atoms with Gasteiger partial charge in [-0.05, 0) is 25.3 Å². The number of hydrogen-bond acceptors (Lipinski definition) is 4. The van der Waals surface area contributed by atoms with Crippen LogP contribution in [0, 0.1) is 5.92 Å². The Labute approximate surface area is 134 Å². The van der Waals surface area contributed by atoms with Crippen LogP contribution in [0.3, 0.4) is 0 Å². The van der Waals surface area contributed by atoms with Crippen molar-refractivity contribution < 1.29 is 14.0 Å². The first kappa shape index (κ1) is 15.3. The third-order valence-corrected chi connectivity index (χ3v) is 4.09. The van der Waals surface area contributed by atoms with Crippen molar-refractivity contribution in [3.8, 4) is 0 Å². The van der Waals surface area contributed by atoms with Gasteiger partial charge in [0.1, 0.15) is 6.26 Å². The molecule has 0 radical (unpaired) electrons. The topological polar surface area (TPSA) is 84.2 Å². The van der Waals surface area contributed by atoms with E-state index in [9.17, 15) is 9.59 Å². The number of rotatable bonds is 5. The molecule has 1 aliphatic carbocycles. The molecule has 1 heterocycles. The first-order valence-electron chi connectivity index (χ1n) is 7.75. The number of amides is 2. The van der Waals surface area contributed by atoms with E-state index in [-0.39, 0.29) is 35.5 Å². The van der Waals surface area contributed by atoms with E-state index in [0.29, 0.717) is 0 Å². The van der Waals surface area contributed by atoms with Gasteiger partial charge in [0, 0.05) is 5.92 Å². The zero-order chi connectivity index (χ0) is 16.2. The molecule has 3 rings (SSSR count). The molecule has 1 atom stereocenters. The third-order valence-electron chi connectivity index (χ3n) is 4.09. The lowest BCUT2D eigenvalue weighted by Crippen LogP contribution is -2.28. The first-order valence-corrected chi connectivity index (χ1v) is 7.75. The normalized spacial score (nSPS) is 15.5. The Kier molecular flexibility index (Phi) is 4.41.